The van der Waals surface area contributed by atoms with E-state index in [0.29, 0.717) is 28.3 Å². The maximum Gasteiger partial charge on any atom is 0.300 e. The molecule has 0 bridgehead atoms. The highest BCUT2D eigenvalue weighted by molar-refractivity contribution is 6.51. The average molecular weight is 500 g/mol. The molecule has 1 aliphatic heterocycles. The van der Waals surface area contributed by atoms with Crippen molar-refractivity contribution in [3.8, 4) is 11.5 Å². The highest BCUT2D eigenvalue weighted by Gasteiger charge is 2.47. The van der Waals surface area contributed by atoms with Crippen molar-refractivity contribution in [3.63, 3.8) is 0 Å². The molecule has 0 aliphatic carbocycles. The summed E-state index contributed by atoms with van der Waals surface area (Å²) in [6, 6.07) is 15.8. The van der Waals surface area contributed by atoms with Crippen LogP contribution in [-0.2, 0) is 9.59 Å². The van der Waals surface area contributed by atoms with E-state index >= 15 is 0 Å². The van der Waals surface area contributed by atoms with Crippen LogP contribution in [0.25, 0.3) is 5.76 Å². The highest BCUT2D eigenvalue weighted by atomic mass is 16.5. The molecule has 1 amide bonds. The van der Waals surface area contributed by atoms with Crippen LogP contribution in [0.5, 0.6) is 11.5 Å². The van der Waals surface area contributed by atoms with E-state index in [1.165, 1.54) is 4.90 Å². The number of rotatable bonds is 6. The van der Waals surface area contributed by atoms with Crippen LogP contribution < -0.4 is 14.4 Å². The summed E-state index contributed by atoms with van der Waals surface area (Å²) in [7, 11) is 3.17. The van der Waals surface area contributed by atoms with Gasteiger partial charge in [-0.05, 0) is 84.8 Å². The largest absolute Gasteiger partial charge is 0.507 e. The molecule has 3 aromatic carbocycles. The number of aliphatic hydroxyl groups excluding tert-OH is 1. The van der Waals surface area contributed by atoms with Crippen molar-refractivity contribution >= 4 is 23.1 Å². The van der Waals surface area contributed by atoms with Gasteiger partial charge in [0.05, 0.1) is 25.8 Å². The molecule has 1 unspecified atom stereocenters. The SMILES string of the molecule is COc1cccc(C2/C(=C(\O)c3cc(C(C)C)c(OC)cc3C)C(=O)C(=O)N2c2cccc(C)c2C)c1. The van der Waals surface area contributed by atoms with Crippen LogP contribution in [-0.4, -0.2) is 31.0 Å². The van der Waals surface area contributed by atoms with E-state index in [9.17, 15) is 14.7 Å². The minimum absolute atomic E-state index is 0.0436. The van der Waals surface area contributed by atoms with Crippen molar-refractivity contribution in [2.45, 2.75) is 46.6 Å². The van der Waals surface area contributed by atoms with Crippen LogP contribution in [0, 0.1) is 20.8 Å². The Morgan fingerprint density at radius 2 is 1.62 bits per heavy atom. The molecule has 0 spiro atoms. The molecule has 37 heavy (non-hydrogen) atoms. The predicted molar refractivity (Wildman–Crippen MR) is 146 cm³/mol. The van der Waals surface area contributed by atoms with Gasteiger partial charge in [0.15, 0.2) is 0 Å². The molecule has 1 saturated heterocycles. The molecule has 0 radical (unpaired) electrons. The van der Waals surface area contributed by atoms with Crippen molar-refractivity contribution in [1.82, 2.24) is 0 Å². The molecule has 0 aromatic heterocycles. The van der Waals surface area contributed by atoms with Gasteiger partial charge in [-0.2, -0.15) is 0 Å². The van der Waals surface area contributed by atoms with Crippen LogP contribution >= 0.6 is 0 Å². The van der Waals surface area contributed by atoms with E-state index in [1.807, 2.05) is 77.1 Å². The summed E-state index contributed by atoms with van der Waals surface area (Å²) in [4.78, 5) is 28.7. The van der Waals surface area contributed by atoms with E-state index in [0.717, 1.165) is 22.3 Å². The minimum atomic E-state index is -0.834. The zero-order valence-electron chi connectivity index (χ0n) is 22.4. The average Bonchev–Trinajstić information content (AvgIpc) is 3.15. The molecule has 1 aliphatic rings. The molecule has 1 fully saturated rings. The monoisotopic (exact) mass is 499 g/mol. The molecule has 6 heteroatoms. The summed E-state index contributed by atoms with van der Waals surface area (Å²) >= 11 is 0. The number of hydrogen-bond acceptors (Lipinski definition) is 5. The molecule has 3 aromatic rings. The van der Waals surface area contributed by atoms with E-state index in [2.05, 4.69) is 0 Å². The number of ether oxygens (including phenoxy) is 2. The maximum absolute atomic E-state index is 13.6. The van der Waals surface area contributed by atoms with Gasteiger partial charge < -0.3 is 14.6 Å². The first-order chi connectivity index (χ1) is 17.6. The van der Waals surface area contributed by atoms with E-state index in [4.69, 9.17) is 9.47 Å². The van der Waals surface area contributed by atoms with Crippen molar-refractivity contribution in [1.29, 1.82) is 0 Å². The third kappa shape index (κ3) is 4.48. The Morgan fingerprint density at radius 3 is 2.27 bits per heavy atom. The van der Waals surface area contributed by atoms with Gasteiger partial charge in [0.2, 0.25) is 0 Å². The minimum Gasteiger partial charge on any atom is -0.507 e. The number of amides is 1. The number of carbonyl (C=O) groups is 2. The molecular weight excluding hydrogens is 466 g/mol. The molecular formula is C31H33NO5. The third-order valence-corrected chi connectivity index (χ3v) is 7.14. The Bertz CT molecular complexity index is 1420. The van der Waals surface area contributed by atoms with Gasteiger partial charge in [-0.1, -0.05) is 38.1 Å². The Balaban J connectivity index is 2.03. The summed E-state index contributed by atoms with van der Waals surface area (Å²) < 4.78 is 11.0. The first kappa shape index (κ1) is 26.0. The predicted octanol–water partition coefficient (Wildman–Crippen LogP) is 6.38. The van der Waals surface area contributed by atoms with Gasteiger partial charge in [0.1, 0.15) is 17.3 Å². The van der Waals surface area contributed by atoms with Crippen LogP contribution in [0.4, 0.5) is 5.69 Å². The fraction of sp³-hybridized carbons (Fsp3) is 0.290. The van der Waals surface area contributed by atoms with Gasteiger partial charge in [-0.15, -0.1) is 0 Å². The smallest absolute Gasteiger partial charge is 0.300 e. The lowest BCUT2D eigenvalue weighted by Crippen LogP contribution is -2.30. The Hall–Kier alpha value is -4.06. The van der Waals surface area contributed by atoms with Crippen LogP contribution in [0.1, 0.15) is 59.2 Å². The van der Waals surface area contributed by atoms with Crippen LogP contribution in [0.3, 0.4) is 0 Å². The van der Waals surface area contributed by atoms with E-state index < -0.39 is 17.7 Å². The molecule has 1 N–H and O–H groups in total. The summed E-state index contributed by atoms with van der Waals surface area (Å²) in [5.74, 6) is -0.198. The number of carbonyl (C=O) groups excluding carboxylic acids is 2. The Morgan fingerprint density at radius 1 is 0.919 bits per heavy atom. The first-order valence-corrected chi connectivity index (χ1v) is 12.3. The molecule has 192 valence electrons. The van der Waals surface area contributed by atoms with E-state index in [-0.39, 0.29) is 17.3 Å². The number of nitrogens with zero attached hydrogens (tertiary/aromatic N) is 1. The first-order valence-electron chi connectivity index (χ1n) is 12.3. The zero-order valence-corrected chi connectivity index (χ0v) is 22.4. The fourth-order valence-corrected chi connectivity index (χ4v) is 4.93. The van der Waals surface area contributed by atoms with Gasteiger partial charge in [-0.25, -0.2) is 0 Å². The van der Waals surface area contributed by atoms with Crippen molar-refractivity contribution < 1.29 is 24.2 Å². The number of aryl methyl sites for hydroxylation is 2. The molecule has 1 atom stereocenters. The number of hydrogen-bond donors (Lipinski definition) is 1. The van der Waals surface area contributed by atoms with Gasteiger partial charge in [0, 0.05) is 11.3 Å². The zero-order chi connectivity index (χ0) is 27.0. The number of benzene rings is 3. The van der Waals surface area contributed by atoms with E-state index in [1.54, 1.807) is 26.4 Å². The summed E-state index contributed by atoms with van der Waals surface area (Å²) in [5, 5.41) is 11.7. The van der Waals surface area contributed by atoms with Crippen molar-refractivity contribution in [2.75, 3.05) is 19.1 Å². The molecule has 1 heterocycles. The lowest BCUT2D eigenvalue weighted by molar-refractivity contribution is -0.132. The highest BCUT2D eigenvalue weighted by Crippen LogP contribution is 2.45. The van der Waals surface area contributed by atoms with Gasteiger partial charge >= 0.3 is 0 Å². The number of anilines is 1. The second kappa shape index (κ2) is 10.1. The lowest BCUT2D eigenvalue weighted by atomic mass is 9.90. The topological polar surface area (TPSA) is 76.1 Å². The number of aliphatic hydroxyl groups is 1. The lowest BCUT2D eigenvalue weighted by Gasteiger charge is -2.27. The second-order valence-electron chi connectivity index (χ2n) is 9.73. The van der Waals surface area contributed by atoms with Gasteiger partial charge in [-0.3, -0.25) is 14.5 Å². The van der Waals surface area contributed by atoms with Crippen LogP contribution in [0.2, 0.25) is 0 Å². The second-order valence-corrected chi connectivity index (χ2v) is 9.73. The van der Waals surface area contributed by atoms with Gasteiger partial charge in [0.25, 0.3) is 11.7 Å². The van der Waals surface area contributed by atoms with Crippen LogP contribution in [0.15, 0.2) is 60.2 Å². The van der Waals surface area contributed by atoms with Crippen molar-refractivity contribution in [3.05, 3.63) is 93.6 Å². The standard InChI is InChI=1S/C31H33NO5/c1-17(2)23-16-24(19(4)14-26(23)37-7)29(33)27-28(21-11-9-12-22(15-21)36-6)32(31(35)30(27)34)25-13-8-10-18(3)20(25)5/h8-17,28,33H,1-7H3/b29-27+. The summed E-state index contributed by atoms with van der Waals surface area (Å²) in [5.41, 5.74) is 5.35. The quantitative estimate of drug-likeness (QED) is 0.242. The van der Waals surface area contributed by atoms with Crippen molar-refractivity contribution in [2.24, 2.45) is 0 Å². The molecule has 0 saturated carbocycles. The third-order valence-electron chi connectivity index (χ3n) is 7.14. The normalized spacial score (nSPS) is 17.0. The number of ketones is 1. The maximum atomic E-state index is 13.6. The Labute approximate surface area is 218 Å². The fourth-order valence-electron chi connectivity index (χ4n) is 4.93. The number of methoxy groups -OCH3 is 2. The molecule has 6 nitrogen and oxygen atoms in total. The summed E-state index contributed by atoms with van der Waals surface area (Å²) in [6.45, 7) is 9.81. The summed E-state index contributed by atoms with van der Waals surface area (Å²) in [6.07, 6.45) is 0. The molecule has 4 rings (SSSR count). The Kier molecular flexibility index (Phi) is 7.12. The number of Topliss-reactive ketones (excluding diaryl/α,β-unsaturated/α-hetero) is 1.